The van der Waals surface area contributed by atoms with Crippen LogP contribution in [0.5, 0.6) is 0 Å². The van der Waals surface area contributed by atoms with E-state index in [-0.39, 0.29) is 11.9 Å². The van der Waals surface area contributed by atoms with Gasteiger partial charge >= 0.3 is 0 Å². The van der Waals surface area contributed by atoms with Gasteiger partial charge in [-0.3, -0.25) is 4.79 Å². The molecule has 0 fully saturated rings. The molecule has 1 unspecified atom stereocenters. The quantitative estimate of drug-likeness (QED) is 0.669. The third kappa shape index (κ3) is 5.87. The second kappa shape index (κ2) is 8.69. The lowest BCUT2D eigenvalue weighted by atomic mass is 10.2. The molecule has 0 saturated heterocycles. The summed E-state index contributed by atoms with van der Waals surface area (Å²) in [7, 11) is 0. The first-order chi connectivity index (χ1) is 9.17. The predicted octanol–water partition coefficient (Wildman–Crippen LogP) is 1.69. The van der Waals surface area contributed by atoms with Gasteiger partial charge in [-0.2, -0.15) is 0 Å². The van der Waals surface area contributed by atoms with Crippen molar-refractivity contribution in [2.45, 2.75) is 59.2 Å². The van der Waals surface area contributed by atoms with E-state index < -0.39 is 0 Å². The summed E-state index contributed by atoms with van der Waals surface area (Å²) >= 11 is 0. The predicted molar refractivity (Wildman–Crippen MR) is 76.7 cm³/mol. The molecule has 1 rings (SSSR count). The van der Waals surface area contributed by atoms with E-state index in [1.165, 1.54) is 5.69 Å². The lowest BCUT2D eigenvalue weighted by Crippen LogP contribution is -2.34. The summed E-state index contributed by atoms with van der Waals surface area (Å²) in [6.45, 7) is 8.69. The molecule has 0 aliphatic heterocycles. The van der Waals surface area contributed by atoms with Crippen LogP contribution in [0.3, 0.4) is 0 Å². The molecule has 108 valence electrons. The van der Waals surface area contributed by atoms with Crippen LogP contribution >= 0.6 is 0 Å². The topological polar surface area (TPSA) is 59.0 Å². The highest BCUT2D eigenvalue weighted by Crippen LogP contribution is 2.00. The SMILES string of the molecule is CCCn1cncc1CNCCC(=O)NC(C)CC. The Labute approximate surface area is 115 Å². The van der Waals surface area contributed by atoms with Crippen LogP contribution in [0.2, 0.25) is 0 Å². The maximum Gasteiger partial charge on any atom is 0.221 e. The van der Waals surface area contributed by atoms with Gasteiger partial charge < -0.3 is 15.2 Å². The van der Waals surface area contributed by atoms with Crippen LogP contribution in [0.25, 0.3) is 0 Å². The van der Waals surface area contributed by atoms with Gasteiger partial charge in [-0.15, -0.1) is 0 Å². The first-order valence-corrected chi connectivity index (χ1v) is 7.16. The number of amides is 1. The van der Waals surface area contributed by atoms with Crippen molar-refractivity contribution in [3.05, 3.63) is 18.2 Å². The molecule has 0 radical (unpaired) electrons. The Hall–Kier alpha value is -1.36. The van der Waals surface area contributed by atoms with Crippen molar-refractivity contribution in [3.63, 3.8) is 0 Å². The van der Waals surface area contributed by atoms with Crippen molar-refractivity contribution in [2.24, 2.45) is 0 Å². The number of nitrogens with one attached hydrogen (secondary N) is 2. The lowest BCUT2D eigenvalue weighted by Gasteiger charge is -2.12. The van der Waals surface area contributed by atoms with E-state index in [1.807, 2.05) is 19.4 Å². The van der Waals surface area contributed by atoms with Crippen LogP contribution in [0.15, 0.2) is 12.5 Å². The molecule has 0 aromatic carbocycles. The van der Waals surface area contributed by atoms with Gasteiger partial charge in [-0.1, -0.05) is 13.8 Å². The summed E-state index contributed by atoms with van der Waals surface area (Å²) in [6.07, 6.45) is 6.32. The maximum atomic E-state index is 11.6. The largest absolute Gasteiger partial charge is 0.354 e. The molecule has 0 aliphatic carbocycles. The summed E-state index contributed by atoms with van der Waals surface area (Å²) in [5.41, 5.74) is 1.17. The number of aromatic nitrogens is 2. The van der Waals surface area contributed by atoms with Gasteiger partial charge in [0.15, 0.2) is 0 Å². The van der Waals surface area contributed by atoms with Crippen LogP contribution in [0.1, 0.15) is 45.7 Å². The third-order valence-electron chi connectivity index (χ3n) is 3.12. The van der Waals surface area contributed by atoms with E-state index in [2.05, 4.69) is 34.0 Å². The normalized spacial score (nSPS) is 12.4. The fourth-order valence-electron chi connectivity index (χ4n) is 1.81. The molecule has 5 heteroatoms. The van der Waals surface area contributed by atoms with E-state index in [0.717, 1.165) is 25.9 Å². The van der Waals surface area contributed by atoms with Crippen molar-refractivity contribution >= 4 is 5.91 Å². The smallest absolute Gasteiger partial charge is 0.221 e. The zero-order valence-electron chi connectivity index (χ0n) is 12.3. The number of nitrogens with zero attached hydrogens (tertiary/aromatic N) is 2. The van der Waals surface area contributed by atoms with Gasteiger partial charge in [0.05, 0.1) is 12.0 Å². The molecule has 1 aromatic rings. The maximum absolute atomic E-state index is 11.6. The van der Waals surface area contributed by atoms with Gasteiger partial charge in [0.1, 0.15) is 0 Å². The molecule has 0 bridgehead atoms. The molecule has 0 spiro atoms. The molecule has 1 aromatic heterocycles. The highest BCUT2D eigenvalue weighted by Gasteiger charge is 2.05. The van der Waals surface area contributed by atoms with Gasteiger partial charge in [0, 0.05) is 38.3 Å². The lowest BCUT2D eigenvalue weighted by molar-refractivity contribution is -0.121. The monoisotopic (exact) mass is 266 g/mol. The zero-order valence-corrected chi connectivity index (χ0v) is 12.3. The summed E-state index contributed by atoms with van der Waals surface area (Å²) < 4.78 is 2.15. The number of aryl methyl sites for hydroxylation is 1. The van der Waals surface area contributed by atoms with Crippen molar-refractivity contribution in [2.75, 3.05) is 6.54 Å². The minimum Gasteiger partial charge on any atom is -0.354 e. The summed E-state index contributed by atoms with van der Waals surface area (Å²) in [4.78, 5) is 15.7. The molecule has 5 nitrogen and oxygen atoms in total. The van der Waals surface area contributed by atoms with Crippen LogP contribution in [0.4, 0.5) is 0 Å². The van der Waals surface area contributed by atoms with Crippen LogP contribution in [0, 0.1) is 0 Å². The standard InChI is InChI=1S/C14H26N4O/c1-4-8-18-11-16-10-13(18)9-15-7-6-14(19)17-12(3)5-2/h10-12,15H,4-9H2,1-3H3,(H,17,19). The van der Waals surface area contributed by atoms with Crippen molar-refractivity contribution < 1.29 is 4.79 Å². The number of carbonyl (C=O) groups is 1. The van der Waals surface area contributed by atoms with Gasteiger partial charge in [-0.05, 0) is 19.8 Å². The summed E-state index contributed by atoms with van der Waals surface area (Å²) in [6, 6.07) is 0.262. The Morgan fingerprint density at radius 1 is 1.47 bits per heavy atom. The van der Waals surface area contributed by atoms with E-state index in [4.69, 9.17) is 0 Å². The fourth-order valence-corrected chi connectivity index (χ4v) is 1.81. The number of imidazole rings is 1. The average Bonchev–Trinajstić information content (AvgIpc) is 2.82. The van der Waals surface area contributed by atoms with Crippen molar-refractivity contribution in [3.8, 4) is 0 Å². The molecule has 1 atom stereocenters. The zero-order chi connectivity index (χ0) is 14.1. The molecule has 1 heterocycles. The van der Waals surface area contributed by atoms with E-state index in [0.29, 0.717) is 13.0 Å². The van der Waals surface area contributed by atoms with Crippen LogP contribution in [-0.4, -0.2) is 28.0 Å². The first kappa shape index (κ1) is 15.7. The molecule has 1 amide bonds. The molecular formula is C14H26N4O. The minimum absolute atomic E-state index is 0.115. The first-order valence-electron chi connectivity index (χ1n) is 7.16. The molecular weight excluding hydrogens is 240 g/mol. The Morgan fingerprint density at radius 3 is 2.95 bits per heavy atom. The van der Waals surface area contributed by atoms with Crippen molar-refractivity contribution in [1.82, 2.24) is 20.2 Å². The average molecular weight is 266 g/mol. The highest BCUT2D eigenvalue weighted by molar-refractivity contribution is 5.76. The number of hydrogen-bond acceptors (Lipinski definition) is 3. The van der Waals surface area contributed by atoms with Crippen molar-refractivity contribution in [1.29, 1.82) is 0 Å². The Balaban J connectivity index is 2.20. The van der Waals surface area contributed by atoms with Crippen LogP contribution < -0.4 is 10.6 Å². The molecule has 0 saturated carbocycles. The van der Waals surface area contributed by atoms with E-state index >= 15 is 0 Å². The fraction of sp³-hybridized carbons (Fsp3) is 0.714. The molecule has 0 aliphatic rings. The second-order valence-electron chi connectivity index (χ2n) is 4.88. The van der Waals surface area contributed by atoms with Gasteiger partial charge in [0.25, 0.3) is 0 Å². The number of hydrogen-bond donors (Lipinski definition) is 2. The second-order valence-corrected chi connectivity index (χ2v) is 4.88. The minimum atomic E-state index is 0.115. The Morgan fingerprint density at radius 2 is 2.26 bits per heavy atom. The summed E-state index contributed by atoms with van der Waals surface area (Å²) in [5.74, 6) is 0.115. The number of rotatable bonds is 9. The van der Waals surface area contributed by atoms with Crippen LogP contribution in [-0.2, 0) is 17.9 Å². The number of carbonyl (C=O) groups excluding carboxylic acids is 1. The highest BCUT2D eigenvalue weighted by atomic mass is 16.1. The summed E-state index contributed by atoms with van der Waals surface area (Å²) in [5, 5.41) is 6.25. The van der Waals surface area contributed by atoms with Gasteiger partial charge in [-0.25, -0.2) is 4.98 Å². The van der Waals surface area contributed by atoms with Gasteiger partial charge in [0.2, 0.25) is 5.91 Å². The Kier molecular flexibility index (Phi) is 7.18. The molecule has 19 heavy (non-hydrogen) atoms. The third-order valence-corrected chi connectivity index (χ3v) is 3.12. The van der Waals surface area contributed by atoms with E-state index in [9.17, 15) is 4.79 Å². The molecule has 2 N–H and O–H groups in total. The Bertz CT molecular complexity index is 375. The van der Waals surface area contributed by atoms with E-state index in [1.54, 1.807) is 0 Å².